The van der Waals surface area contributed by atoms with Crippen LogP contribution in [0.4, 0.5) is 19.0 Å². The molecule has 230 valence electrons. The molecular weight excluding hydrogens is 573 g/mol. The number of hydrogen-bond donors (Lipinski definition) is 2. The average Bonchev–Trinajstić information content (AvgIpc) is 3.55. The van der Waals surface area contributed by atoms with Gasteiger partial charge in [0.1, 0.15) is 10.6 Å². The molecule has 0 unspecified atom stereocenters. The van der Waals surface area contributed by atoms with Gasteiger partial charge in [0.2, 0.25) is 0 Å². The number of nitrogens with one attached hydrogen (secondary N) is 1. The number of aliphatic hydroxyl groups excluding tert-OH is 1. The Kier molecular flexibility index (Phi) is 9.23. The molecule has 0 aliphatic heterocycles. The van der Waals surface area contributed by atoms with Gasteiger partial charge in [0.15, 0.2) is 5.75 Å². The number of halogens is 3. The first kappa shape index (κ1) is 30.5. The Morgan fingerprint density at radius 3 is 2.45 bits per heavy atom. The Morgan fingerprint density at radius 1 is 1.02 bits per heavy atom. The summed E-state index contributed by atoms with van der Waals surface area (Å²) in [5, 5.41) is 23.7. The van der Waals surface area contributed by atoms with Crippen LogP contribution in [0.2, 0.25) is 0 Å². The van der Waals surface area contributed by atoms with E-state index in [1.165, 1.54) is 13.2 Å². The van der Waals surface area contributed by atoms with E-state index >= 15 is 0 Å². The quantitative estimate of drug-likeness (QED) is 0.340. The Bertz CT molecular complexity index is 1370. The molecule has 2 fully saturated rings. The van der Waals surface area contributed by atoms with Crippen molar-refractivity contribution in [3.8, 4) is 17.6 Å². The lowest BCUT2D eigenvalue weighted by Crippen LogP contribution is -2.39. The van der Waals surface area contributed by atoms with Gasteiger partial charge in [-0.25, -0.2) is 0 Å². The second-order valence-corrected chi connectivity index (χ2v) is 12.3. The van der Waals surface area contributed by atoms with E-state index < -0.39 is 18.7 Å². The normalized spacial score (nSPS) is 24.6. The molecule has 0 saturated heterocycles. The number of thiophene rings is 1. The molecule has 3 aromatic heterocycles. The van der Waals surface area contributed by atoms with Gasteiger partial charge in [0, 0.05) is 30.0 Å². The van der Waals surface area contributed by atoms with Crippen LogP contribution in [0, 0.1) is 5.92 Å². The third kappa shape index (κ3) is 6.81. The Labute approximate surface area is 246 Å². The highest BCUT2D eigenvalue weighted by Crippen LogP contribution is 2.39. The van der Waals surface area contributed by atoms with Crippen LogP contribution in [0.15, 0.2) is 12.1 Å². The summed E-state index contributed by atoms with van der Waals surface area (Å²) in [4.78, 5) is 11.2. The molecule has 14 heteroatoms. The number of nitrogens with zero attached hydrogens (tertiary/aromatic N) is 5. The minimum Gasteiger partial charge on any atom is -0.491 e. The molecule has 10 nitrogen and oxygen atoms in total. The van der Waals surface area contributed by atoms with Crippen molar-refractivity contribution in [2.24, 2.45) is 5.92 Å². The fourth-order valence-corrected chi connectivity index (χ4v) is 7.22. The first-order valence-electron chi connectivity index (χ1n) is 14.1. The van der Waals surface area contributed by atoms with Gasteiger partial charge in [-0.1, -0.05) is 0 Å². The van der Waals surface area contributed by atoms with Crippen molar-refractivity contribution >= 4 is 27.4 Å². The summed E-state index contributed by atoms with van der Waals surface area (Å²) in [6.45, 7) is 0.856. The summed E-state index contributed by atoms with van der Waals surface area (Å²) >= 11 is 0.983. The highest BCUT2D eigenvalue weighted by atomic mass is 32.1. The van der Waals surface area contributed by atoms with E-state index in [1.54, 1.807) is 14.2 Å². The Balaban J connectivity index is 1.18. The molecule has 2 aliphatic rings. The number of rotatable bonds is 10. The number of likely N-dealkylation sites (N-methyl/N-ethyl adjacent to an activating group) is 1. The molecule has 3 heterocycles. The summed E-state index contributed by atoms with van der Waals surface area (Å²) in [5.74, 6) is 2.28. The number of anilines is 1. The van der Waals surface area contributed by atoms with Gasteiger partial charge >= 0.3 is 12.2 Å². The molecule has 5 rings (SSSR count). The van der Waals surface area contributed by atoms with Gasteiger partial charge in [-0.05, 0) is 57.1 Å². The van der Waals surface area contributed by atoms with Crippen LogP contribution in [0.3, 0.4) is 0 Å². The van der Waals surface area contributed by atoms with Gasteiger partial charge in [0.05, 0.1) is 51.0 Å². The van der Waals surface area contributed by atoms with Crippen molar-refractivity contribution in [2.45, 2.75) is 75.2 Å². The van der Waals surface area contributed by atoms with Gasteiger partial charge in [-0.3, -0.25) is 0 Å². The number of hydrogen-bond acceptors (Lipinski definition) is 11. The molecule has 3 aromatic rings. The van der Waals surface area contributed by atoms with Gasteiger partial charge < -0.3 is 29.5 Å². The van der Waals surface area contributed by atoms with E-state index in [4.69, 9.17) is 14.2 Å². The highest BCUT2D eigenvalue weighted by Gasteiger charge is 2.38. The average molecular weight is 611 g/mol. The van der Waals surface area contributed by atoms with Crippen LogP contribution >= 0.6 is 11.3 Å². The van der Waals surface area contributed by atoms with Gasteiger partial charge in [-0.2, -0.15) is 28.2 Å². The van der Waals surface area contributed by atoms with E-state index in [1.807, 2.05) is 18.0 Å². The van der Waals surface area contributed by atoms with Gasteiger partial charge in [0.25, 0.3) is 5.88 Å². The van der Waals surface area contributed by atoms with E-state index in [-0.39, 0.29) is 23.0 Å². The Morgan fingerprint density at radius 2 is 1.79 bits per heavy atom. The summed E-state index contributed by atoms with van der Waals surface area (Å²) in [7, 11) is 6.38. The molecule has 2 N–H and O–H groups in total. The molecule has 0 radical (unpaired) electrons. The second-order valence-electron chi connectivity index (χ2n) is 11.1. The number of ether oxygens (including phenoxy) is 3. The fourth-order valence-electron chi connectivity index (χ4n) is 6.18. The number of aromatic nitrogens is 4. The monoisotopic (exact) mass is 610 g/mol. The fraction of sp³-hybridized carbons (Fsp3) is 0.643. The minimum atomic E-state index is -4.32. The molecule has 3 atom stereocenters. The number of methoxy groups -OCH3 is 3. The molecule has 2 saturated carbocycles. The first-order chi connectivity index (χ1) is 20.1. The maximum atomic E-state index is 13.1. The highest BCUT2D eigenvalue weighted by molar-refractivity contribution is 7.18. The largest absolute Gasteiger partial charge is 0.491 e. The molecule has 2 aliphatic carbocycles. The van der Waals surface area contributed by atoms with Crippen LogP contribution in [0.25, 0.3) is 10.2 Å². The third-order valence-corrected chi connectivity index (χ3v) is 9.44. The third-order valence-electron chi connectivity index (χ3n) is 8.41. The van der Waals surface area contributed by atoms with Crippen LogP contribution < -0.4 is 24.4 Å². The Hall–Kier alpha value is -2.97. The first-order valence-corrected chi connectivity index (χ1v) is 14.9. The molecular formula is C28H37F3N6O4S. The molecule has 0 spiro atoms. The second kappa shape index (κ2) is 12.7. The van der Waals surface area contributed by atoms with Crippen molar-refractivity contribution in [3.63, 3.8) is 0 Å². The summed E-state index contributed by atoms with van der Waals surface area (Å²) in [6.07, 6.45) is -0.553. The zero-order valence-electron chi connectivity index (χ0n) is 24.1. The van der Waals surface area contributed by atoms with Crippen molar-refractivity contribution in [2.75, 3.05) is 39.8 Å². The SMILES string of the molecule is COc1nc(N(C)[C@H]2C[C@@H](NCC3CCC(c4cc(OC)c(OC)nn4)CC3)C[C@H]2O)c2cc(CC(F)(F)F)sc2n1. The lowest BCUT2D eigenvalue weighted by Gasteiger charge is -2.30. The van der Waals surface area contributed by atoms with E-state index in [0.29, 0.717) is 52.3 Å². The standard InChI is InChI=1S/C28H37F3N6O4S/c1-37(24-19-11-18(13-28(29,30)31)42-26(19)34-27(33-24)41-4)21-9-17(10-22(21)38)32-14-15-5-7-16(8-6-15)20-12-23(39-2)25(40-3)36-35-20/h11-12,15-17,21-22,32,38H,5-10,13-14H2,1-4H3/t15?,16?,17-,21+,22-/m1/s1. The van der Waals surface area contributed by atoms with Crippen molar-refractivity contribution in [1.82, 2.24) is 25.5 Å². The minimum absolute atomic E-state index is 0.0848. The number of aliphatic hydroxyl groups is 1. The van der Waals surface area contributed by atoms with Crippen LogP contribution in [-0.2, 0) is 6.42 Å². The van der Waals surface area contributed by atoms with E-state index in [0.717, 1.165) is 49.3 Å². The molecule has 42 heavy (non-hydrogen) atoms. The van der Waals surface area contributed by atoms with Crippen LogP contribution in [-0.4, -0.2) is 84.6 Å². The van der Waals surface area contributed by atoms with Crippen molar-refractivity contribution < 1.29 is 32.5 Å². The summed E-state index contributed by atoms with van der Waals surface area (Å²) < 4.78 is 55.0. The van der Waals surface area contributed by atoms with E-state index in [9.17, 15) is 18.3 Å². The zero-order valence-corrected chi connectivity index (χ0v) is 25.0. The molecule has 0 bridgehead atoms. The van der Waals surface area contributed by atoms with Crippen molar-refractivity contribution in [3.05, 3.63) is 22.7 Å². The molecule has 0 aromatic carbocycles. The van der Waals surface area contributed by atoms with Crippen molar-refractivity contribution in [1.29, 1.82) is 0 Å². The number of alkyl halides is 3. The summed E-state index contributed by atoms with van der Waals surface area (Å²) in [5.41, 5.74) is 0.926. The maximum Gasteiger partial charge on any atom is 0.393 e. The predicted molar refractivity (Wildman–Crippen MR) is 153 cm³/mol. The predicted octanol–water partition coefficient (Wildman–Crippen LogP) is 4.50. The number of fused-ring (bicyclic) bond motifs is 1. The van der Waals surface area contributed by atoms with Crippen LogP contribution in [0.5, 0.6) is 17.6 Å². The van der Waals surface area contributed by atoms with Gasteiger partial charge in [-0.15, -0.1) is 16.4 Å². The maximum absolute atomic E-state index is 13.1. The zero-order chi connectivity index (χ0) is 30.0. The van der Waals surface area contributed by atoms with E-state index in [2.05, 4.69) is 25.5 Å². The lowest BCUT2D eigenvalue weighted by molar-refractivity contribution is -0.126. The molecule has 0 amide bonds. The lowest BCUT2D eigenvalue weighted by atomic mass is 9.80. The smallest absolute Gasteiger partial charge is 0.393 e. The van der Waals surface area contributed by atoms with Crippen LogP contribution in [0.1, 0.15) is 55.0 Å². The topological polar surface area (TPSA) is 115 Å². The summed E-state index contributed by atoms with van der Waals surface area (Å²) in [6, 6.07) is 3.36.